The maximum Gasteiger partial charge on any atom is 0.266 e. The third-order valence-corrected chi connectivity index (χ3v) is 5.86. The van der Waals surface area contributed by atoms with Crippen molar-refractivity contribution in [3.05, 3.63) is 58.9 Å². The van der Waals surface area contributed by atoms with Gasteiger partial charge < -0.3 is 9.64 Å². The topological polar surface area (TPSA) is 64.4 Å². The van der Waals surface area contributed by atoms with Crippen LogP contribution in [0.2, 0.25) is 0 Å². The molecule has 0 aliphatic carbocycles. The molecule has 1 aliphatic heterocycles. The first-order valence-corrected chi connectivity index (χ1v) is 10.8. The first kappa shape index (κ1) is 19.5. The van der Waals surface area contributed by atoms with Crippen LogP contribution < -0.4 is 10.3 Å². The zero-order chi connectivity index (χ0) is 20.2. The molecule has 150 valence electrons. The highest BCUT2D eigenvalue weighted by Gasteiger charge is 2.21. The number of benzene rings is 2. The molecule has 2 aromatic carbocycles. The molecule has 1 aliphatic rings. The van der Waals surface area contributed by atoms with Crippen LogP contribution in [-0.4, -0.2) is 45.8 Å². The largest absolute Gasteiger partial charge is 0.492 e. The Kier molecular flexibility index (Phi) is 5.85. The first-order chi connectivity index (χ1) is 14.2. The van der Waals surface area contributed by atoms with Gasteiger partial charge in [-0.2, -0.15) is 0 Å². The summed E-state index contributed by atoms with van der Waals surface area (Å²) in [5.41, 5.74) is 1.09. The number of carbonyl (C=O) groups is 1. The highest BCUT2D eigenvalue weighted by molar-refractivity contribution is 7.99. The van der Waals surface area contributed by atoms with Crippen molar-refractivity contribution in [1.82, 2.24) is 14.5 Å². The molecule has 0 saturated carbocycles. The van der Waals surface area contributed by atoms with Gasteiger partial charge in [0, 0.05) is 13.1 Å². The van der Waals surface area contributed by atoms with Crippen molar-refractivity contribution in [2.45, 2.75) is 24.9 Å². The van der Waals surface area contributed by atoms with E-state index >= 15 is 0 Å². The molecule has 0 spiro atoms. The predicted molar refractivity (Wildman–Crippen MR) is 115 cm³/mol. The summed E-state index contributed by atoms with van der Waals surface area (Å²) >= 11 is 1.30. The van der Waals surface area contributed by atoms with Crippen LogP contribution in [-0.2, 0) is 4.79 Å². The lowest BCUT2D eigenvalue weighted by atomic mass is 10.2. The standard InChI is InChI=1S/C22H23N3O3S/c1-2-28-19-12-6-5-11-18(19)25-21(27)16-9-3-4-10-17(16)23-22(25)29-15-20(26)24-13-7-8-14-24/h3-6,9-12H,2,7-8,13-15H2,1H3. The maximum atomic E-state index is 13.4. The molecule has 7 heteroatoms. The molecule has 29 heavy (non-hydrogen) atoms. The van der Waals surface area contributed by atoms with Crippen LogP contribution in [0.5, 0.6) is 5.75 Å². The Balaban J connectivity index is 1.79. The summed E-state index contributed by atoms with van der Waals surface area (Å²) in [6, 6.07) is 14.7. The van der Waals surface area contributed by atoms with E-state index in [9.17, 15) is 9.59 Å². The summed E-state index contributed by atoms with van der Waals surface area (Å²) in [5, 5.41) is 1.03. The third kappa shape index (κ3) is 4.00. The fourth-order valence-corrected chi connectivity index (χ4v) is 4.43. The highest BCUT2D eigenvalue weighted by atomic mass is 32.2. The summed E-state index contributed by atoms with van der Waals surface area (Å²) < 4.78 is 7.31. The number of carbonyl (C=O) groups excluding carboxylic acids is 1. The van der Waals surface area contributed by atoms with Gasteiger partial charge in [-0.15, -0.1) is 0 Å². The Labute approximate surface area is 173 Å². The van der Waals surface area contributed by atoms with Crippen LogP contribution in [0.1, 0.15) is 19.8 Å². The second kappa shape index (κ2) is 8.69. The number of fused-ring (bicyclic) bond motifs is 1. The van der Waals surface area contributed by atoms with Crippen molar-refractivity contribution in [3.8, 4) is 11.4 Å². The summed E-state index contributed by atoms with van der Waals surface area (Å²) in [5.74, 6) is 0.947. The fraction of sp³-hybridized carbons (Fsp3) is 0.318. The number of para-hydroxylation sites is 3. The summed E-state index contributed by atoms with van der Waals surface area (Å²) in [6.45, 7) is 4.01. The van der Waals surface area contributed by atoms with E-state index in [4.69, 9.17) is 9.72 Å². The fourth-order valence-electron chi connectivity index (χ4n) is 3.53. The van der Waals surface area contributed by atoms with E-state index in [2.05, 4.69) is 0 Å². The van der Waals surface area contributed by atoms with Gasteiger partial charge in [0.05, 0.1) is 29.0 Å². The number of ether oxygens (including phenoxy) is 1. The molecule has 2 heterocycles. The molecule has 3 aromatic rings. The number of amides is 1. The third-order valence-electron chi connectivity index (χ3n) is 4.93. The van der Waals surface area contributed by atoms with Gasteiger partial charge in [-0.25, -0.2) is 4.98 Å². The van der Waals surface area contributed by atoms with Gasteiger partial charge in [0.2, 0.25) is 5.91 Å². The zero-order valence-electron chi connectivity index (χ0n) is 16.3. The minimum Gasteiger partial charge on any atom is -0.492 e. The van der Waals surface area contributed by atoms with E-state index in [1.54, 1.807) is 10.6 Å². The Morgan fingerprint density at radius 3 is 2.62 bits per heavy atom. The van der Waals surface area contributed by atoms with E-state index in [0.29, 0.717) is 34.1 Å². The number of aromatic nitrogens is 2. The molecule has 6 nitrogen and oxygen atoms in total. The van der Waals surface area contributed by atoms with Crippen molar-refractivity contribution in [3.63, 3.8) is 0 Å². The number of nitrogens with zero attached hydrogens (tertiary/aromatic N) is 3. The van der Waals surface area contributed by atoms with Crippen LogP contribution in [0.4, 0.5) is 0 Å². The van der Waals surface area contributed by atoms with Gasteiger partial charge in [-0.3, -0.25) is 14.2 Å². The van der Waals surface area contributed by atoms with E-state index in [1.165, 1.54) is 11.8 Å². The van der Waals surface area contributed by atoms with Gasteiger partial charge in [-0.05, 0) is 44.0 Å². The van der Waals surface area contributed by atoms with Crippen LogP contribution in [0, 0.1) is 0 Å². The lowest BCUT2D eigenvalue weighted by molar-refractivity contribution is -0.127. The first-order valence-electron chi connectivity index (χ1n) is 9.83. The molecule has 0 N–H and O–H groups in total. The Bertz CT molecular complexity index is 1090. The van der Waals surface area contributed by atoms with Crippen LogP contribution in [0.25, 0.3) is 16.6 Å². The molecule has 1 amide bonds. The van der Waals surface area contributed by atoms with Crippen LogP contribution >= 0.6 is 11.8 Å². The highest BCUT2D eigenvalue weighted by Crippen LogP contribution is 2.27. The second-order valence-corrected chi connectivity index (χ2v) is 7.77. The van der Waals surface area contributed by atoms with Gasteiger partial charge in [-0.1, -0.05) is 36.0 Å². The Morgan fingerprint density at radius 2 is 1.83 bits per heavy atom. The molecule has 4 rings (SSSR count). The van der Waals surface area contributed by atoms with Crippen LogP contribution in [0.15, 0.2) is 58.5 Å². The molecule has 0 unspecified atom stereocenters. The van der Waals surface area contributed by atoms with E-state index in [1.807, 2.05) is 54.3 Å². The average molecular weight is 410 g/mol. The van der Waals surface area contributed by atoms with Crippen molar-refractivity contribution < 1.29 is 9.53 Å². The van der Waals surface area contributed by atoms with E-state index in [0.717, 1.165) is 25.9 Å². The number of thioether (sulfide) groups is 1. The quantitative estimate of drug-likeness (QED) is 0.461. The number of hydrogen-bond donors (Lipinski definition) is 0. The predicted octanol–water partition coefficient (Wildman–Crippen LogP) is 3.50. The lowest BCUT2D eigenvalue weighted by Crippen LogP contribution is -2.29. The SMILES string of the molecule is CCOc1ccccc1-n1c(SCC(=O)N2CCCC2)nc2ccccc2c1=O. The number of hydrogen-bond acceptors (Lipinski definition) is 5. The summed E-state index contributed by atoms with van der Waals surface area (Å²) in [6.07, 6.45) is 2.11. The second-order valence-electron chi connectivity index (χ2n) is 6.83. The van der Waals surface area contributed by atoms with Crippen molar-refractivity contribution in [1.29, 1.82) is 0 Å². The van der Waals surface area contributed by atoms with Crippen molar-refractivity contribution in [2.75, 3.05) is 25.4 Å². The van der Waals surface area contributed by atoms with Crippen molar-refractivity contribution >= 4 is 28.6 Å². The minimum atomic E-state index is -0.168. The monoisotopic (exact) mass is 409 g/mol. The molecule has 1 saturated heterocycles. The summed E-state index contributed by atoms with van der Waals surface area (Å²) in [4.78, 5) is 32.5. The smallest absolute Gasteiger partial charge is 0.266 e. The van der Waals surface area contributed by atoms with E-state index in [-0.39, 0.29) is 17.2 Å². The van der Waals surface area contributed by atoms with Gasteiger partial charge in [0.15, 0.2) is 5.16 Å². The molecule has 0 radical (unpaired) electrons. The van der Waals surface area contributed by atoms with Gasteiger partial charge >= 0.3 is 0 Å². The zero-order valence-corrected chi connectivity index (χ0v) is 17.2. The molecular formula is C22H23N3O3S. The minimum absolute atomic E-state index is 0.0829. The molecule has 1 aromatic heterocycles. The molecular weight excluding hydrogens is 386 g/mol. The maximum absolute atomic E-state index is 13.4. The van der Waals surface area contributed by atoms with Crippen molar-refractivity contribution in [2.24, 2.45) is 0 Å². The number of likely N-dealkylation sites (tertiary alicyclic amines) is 1. The molecule has 0 bridgehead atoms. The molecule has 1 fully saturated rings. The lowest BCUT2D eigenvalue weighted by Gasteiger charge is -2.18. The summed E-state index contributed by atoms with van der Waals surface area (Å²) in [7, 11) is 0. The number of rotatable bonds is 6. The normalized spacial score (nSPS) is 13.8. The van der Waals surface area contributed by atoms with Crippen LogP contribution in [0.3, 0.4) is 0 Å². The van der Waals surface area contributed by atoms with Gasteiger partial charge in [0.1, 0.15) is 5.75 Å². The molecule has 0 atom stereocenters. The van der Waals surface area contributed by atoms with Gasteiger partial charge in [0.25, 0.3) is 5.56 Å². The Hall–Kier alpha value is -2.80. The average Bonchev–Trinajstić information content (AvgIpc) is 3.28. The van der Waals surface area contributed by atoms with E-state index < -0.39 is 0 Å². The Morgan fingerprint density at radius 1 is 1.10 bits per heavy atom.